The van der Waals surface area contributed by atoms with Crippen molar-refractivity contribution in [2.45, 2.75) is 71.5 Å². The minimum Gasteiger partial charge on any atom is -0.385 e. The van der Waals surface area contributed by atoms with Crippen molar-refractivity contribution in [2.75, 3.05) is 20.3 Å². The van der Waals surface area contributed by atoms with Gasteiger partial charge in [0.15, 0.2) is 11.8 Å². The molecule has 1 aromatic rings. The molecule has 2 unspecified atom stereocenters. The number of nitrogens with zero attached hydrogens (tertiary/aromatic N) is 4. The maximum Gasteiger partial charge on any atom is 0.223 e. The van der Waals surface area contributed by atoms with Crippen LogP contribution in [-0.4, -0.2) is 59.0 Å². The molecule has 1 aliphatic carbocycles. The van der Waals surface area contributed by atoms with E-state index < -0.39 is 0 Å². The average molecular weight is 408 g/mol. The molecule has 1 aliphatic rings. The van der Waals surface area contributed by atoms with Crippen molar-refractivity contribution in [1.29, 1.82) is 0 Å². The lowest BCUT2D eigenvalue weighted by Gasteiger charge is -2.30. The van der Waals surface area contributed by atoms with Gasteiger partial charge in [-0.2, -0.15) is 0 Å². The minimum absolute atomic E-state index is 0.0554. The van der Waals surface area contributed by atoms with Gasteiger partial charge in [0.1, 0.15) is 12.4 Å². The van der Waals surface area contributed by atoms with Crippen molar-refractivity contribution in [3.8, 4) is 0 Å². The Balaban J connectivity index is 1.98. The third-order valence-corrected chi connectivity index (χ3v) is 5.20. The van der Waals surface area contributed by atoms with Crippen LogP contribution in [0.2, 0.25) is 0 Å². The Labute approximate surface area is 174 Å². The van der Waals surface area contributed by atoms with Crippen molar-refractivity contribution in [1.82, 2.24) is 30.7 Å². The number of rotatable bonds is 9. The summed E-state index contributed by atoms with van der Waals surface area (Å²) in [6.07, 6.45) is 4.73. The molecule has 1 saturated carbocycles. The summed E-state index contributed by atoms with van der Waals surface area (Å²) >= 11 is 0. The van der Waals surface area contributed by atoms with Gasteiger partial charge in [-0.15, -0.1) is 10.2 Å². The quantitative estimate of drug-likeness (QED) is 0.324. The van der Waals surface area contributed by atoms with E-state index in [1.165, 1.54) is 0 Å². The van der Waals surface area contributed by atoms with Crippen LogP contribution >= 0.6 is 0 Å². The van der Waals surface area contributed by atoms with Crippen molar-refractivity contribution in [2.24, 2.45) is 18.0 Å². The first-order valence-electron chi connectivity index (χ1n) is 10.6. The lowest BCUT2D eigenvalue weighted by molar-refractivity contribution is -0.126. The summed E-state index contributed by atoms with van der Waals surface area (Å²) in [7, 11) is 3.65. The minimum atomic E-state index is 0.0554. The average Bonchev–Trinajstić information content (AvgIpc) is 3.01. The van der Waals surface area contributed by atoms with Gasteiger partial charge < -0.3 is 25.3 Å². The SMILES string of the molecule is COCCCNC(=NCc1nnc(C)n1C)NC1CCCC(C(=O)NC(C)C)C1. The van der Waals surface area contributed by atoms with Gasteiger partial charge in [0, 0.05) is 45.3 Å². The molecule has 1 amide bonds. The van der Waals surface area contributed by atoms with Crippen LogP contribution in [0.1, 0.15) is 57.6 Å². The van der Waals surface area contributed by atoms with E-state index in [1.807, 2.05) is 32.4 Å². The van der Waals surface area contributed by atoms with Crippen LogP contribution in [0.25, 0.3) is 0 Å². The molecule has 1 heterocycles. The van der Waals surface area contributed by atoms with E-state index in [9.17, 15) is 4.79 Å². The number of guanidine groups is 1. The summed E-state index contributed by atoms with van der Waals surface area (Å²) < 4.78 is 7.07. The molecule has 164 valence electrons. The highest BCUT2D eigenvalue weighted by molar-refractivity contribution is 5.81. The fourth-order valence-corrected chi connectivity index (χ4v) is 3.47. The molecule has 0 radical (unpaired) electrons. The number of amides is 1. The molecule has 0 saturated heterocycles. The molecule has 1 fully saturated rings. The number of hydrogen-bond acceptors (Lipinski definition) is 5. The fourth-order valence-electron chi connectivity index (χ4n) is 3.47. The van der Waals surface area contributed by atoms with Gasteiger partial charge in [-0.25, -0.2) is 4.99 Å². The number of ether oxygens (including phenoxy) is 1. The summed E-state index contributed by atoms with van der Waals surface area (Å²) in [4.78, 5) is 17.1. The Morgan fingerprint density at radius 3 is 2.79 bits per heavy atom. The van der Waals surface area contributed by atoms with Gasteiger partial charge in [0.2, 0.25) is 5.91 Å². The molecule has 0 aliphatic heterocycles. The number of carbonyl (C=O) groups excluding carboxylic acids is 1. The number of aliphatic imine (C=N–C) groups is 1. The summed E-state index contributed by atoms with van der Waals surface area (Å²) in [5, 5.41) is 18.2. The molecule has 0 bridgehead atoms. The molecular formula is C20H37N7O2. The van der Waals surface area contributed by atoms with Gasteiger partial charge in [-0.1, -0.05) is 6.42 Å². The highest BCUT2D eigenvalue weighted by atomic mass is 16.5. The standard InChI is InChI=1S/C20H37N7O2/c1-14(2)23-19(28)16-8-6-9-17(12-16)24-20(21-10-7-11-29-5)22-13-18-26-25-15(3)27(18)4/h14,16-17H,6-13H2,1-5H3,(H,23,28)(H2,21,22,24). The molecule has 29 heavy (non-hydrogen) atoms. The van der Waals surface area contributed by atoms with Crippen molar-refractivity contribution < 1.29 is 9.53 Å². The van der Waals surface area contributed by atoms with E-state index in [2.05, 4.69) is 26.1 Å². The Morgan fingerprint density at radius 2 is 2.14 bits per heavy atom. The summed E-state index contributed by atoms with van der Waals surface area (Å²) in [5.74, 6) is 2.64. The van der Waals surface area contributed by atoms with Crippen LogP contribution in [0.5, 0.6) is 0 Å². The topological polar surface area (TPSA) is 105 Å². The Hall–Kier alpha value is -2.16. The van der Waals surface area contributed by atoms with Crippen LogP contribution in [0.15, 0.2) is 4.99 Å². The predicted octanol–water partition coefficient (Wildman–Crippen LogP) is 1.28. The molecule has 1 aromatic heterocycles. The van der Waals surface area contributed by atoms with E-state index in [0.29, 0.717) is 13.2 Å². The number of aryl methyl sites for hydroxylation is 1. The van der Waals surface area contributed by atoms with Gasteiger partial charge in [-0.05, 0) is 46.5 Å². The fraction of sp³-hybridized carbons (Fsp3) is 0.800. The van der Waals surface area contributed by atoms with E-state index >= 15 is 0 Å². The van der Waals surface area contributed by atoms with E-state index in [0.717, 1.165) is 56.3 Å². The number of hydrogen-bond donors (Lipinski definition) is 3. The molecule has 3 N–H and O–H groups in total. The van der Waals surface area contributed by atoms with Crippen molar-refractivity contribution in [3.63, 3.8) is 0 Å². The molecule has 9 heteroatoms. The highest BCUT2D eigenvalue weighted by Crippen LogP contribution is 2.24. The summed E-state index contributed by atoms with van der Waals surface area (Å²) in [6, 6.07) is 0.395. The van der Waals surface area contributed by atoms with Gasteiger partial charge in [0.25, 0.3) is 0 Å². The zero-order chi connectivity index (χ0) is 21.2. The van der Waals surface area contributed by atoms with Gasteiger partial charge >= 0.3 is 0 Å². The zero-order valence-corrected chi connectivity index (χ0v) is 18.5. The molecular weight excluding hydrogens is 370 g/mol. The predicted molar refractivity (Wildman–Crippen MR) is 114 cm³/mol. The smallest absolute Gasteiger partial charge is 0.223 e. The number of carbonyl (C=O) groups is 1. The van der Waals surface area contributed by atoms with Gasteiger partial charge in [-0.3, -0.25) is 4.79 Å². The molecule has 0 spiro atoms. The molecule has 0 aromatic carbocycles. The van der Waals surface area contributed by atoms with E-state index in [1.54, 1.807) is 7.11 Å². The number of nitrogens with one attached hydrogen (secondary N) is 3. The lowest BCUT2D eigenvalue weighted by atomic mass is 9.85. The maximum absolute atomic E-state index is 12.4. The van der Waals surface area contributed by atoms with Crippen LogP contribution in [0, 0.1) is 12.8 Å². The Kier molecular flexibility index (Phi) is 9.37. The lowest BCUT2D eigenvalue weighted by Crippen LogP contribution is -2.48. The van der Waals surface area contributed by atoms with Crippen molar-refractivity contribution in [3.05, 3.63) is 11.6 Å². The monoisotopic (exact) mass is 407 g/mol. The third kappa shape index (κ3) is 7.64. The van der Waals surface area contributed by atoms with Gasteiger partial charge in [0.05, 0.1) is 0 Å². The van der Waals surface area contributed by atoms with Crippen LogP contribution in [0.3, 0.4) is 0 Å². The first-order valence-corrected chi connectivity index (χ1v) is 10.6. The third-order valence-electron chi connectivity index (χ3n) is 5.20. The second-order valence-electron chi connectivity index (χ2n) is 8.03. The molecule has 9 nitrogen and oxygen atoms in total. The first-order chi connectivity index (χ1) is 13.9. The maximum atomic E-state index is 12.4. The summed E-state index contributed by atoms with van der Waals surface area (Å²) in [6.45, 7) is 7.83. The molecule has 2 atom stereocenters. The Bertz CT molecular complexity index is 672. The number of aromatic nitrogens is 3. The normalized spacial score (nSPS) is 20.0. The van der Waals surface area contributed by atoms with Crippen molar-refractivity contribution >= 4 is 11.9 Å². The zero-order valence-electron chi connectivity index (χ0n) is 18.5. The Morgan fingerprint density at radius 1 is 1.34 bits per heavy atom. The van der Waals surface area contributed by atoms with E-state index in [-0.39, 0.29) is 23.9 Å². The van der Waals surface area contributed by atoms with Crippen LogP contribution < -0.4 is 16.0 Å². The second-order valence-corrected chi connectivity index (χ2v) is 8.03. The number of methoxy groups -OCH3 is 1. The van der Waals surface area contributed by atoms with Crippen LogP contribution in [0.4, 0.5) is 0 Å². The first kappa shape index (κ1) is 23.1. The van der Waals surface area contributed by atoms with E-state index in [4.69, 9.17) is 9.73 Å². The summed E-state index contributed by atoms with van der Waals surface area (Å²) in [5.41, 5.74) is 0. The second kappa shape index (κ2) is 11.7. The van der Waals surface area contributed by atoms with Crippen LogP contribution in [-0.2, 0) is 23.1 Å². The largest absolute Gasteiger partial charge is 0.385 e. The highest BCUT2D eigenvalue weighted by Gasteiger charge is 2.28. The molecule has 2 rings (SSSR count).